The number of rotatable bonds is 8. The Morgan fingerprint density at radius 1 is 1.32 bits per heavy atom. The van der Waals surface area contributed by atoms with Crippen molar-refractivity contribution >= 4 is 23.6 Å². The second-order valence-electron chi connectivity index (χ2n) is 6.82. The molecule has 0 bridgehead atoms. The molecule has 2 aliphatic heterocycles. The van der Waals surface area contributed by atoms with Crippen molar-refractivity contribution in [3.63, 3.8) is 0 Å². The van der Waals surface area contributed by atoms with E-state index >= 15 is 0 Å². The van der Waals surface area contributed by atoms with Gasteiger partial charge in [0, 0.05) is 42.3 Å². The van der Waals surface area contributed by atoms with Gasteiger partial charge in [-0.3, -0.25) is 9.59 Å². The minimum atomic E-state index is -0.723. The highest BCUT2D eigenvalue weighted by atomic mass is 32.2. The topological polar surface area (TPSA) is 66.8 Å². The van der Waals surface area contributed by atoms with Crippen molar-refractivity contribution in [2.45, 2.75) is 49.9 Å². The first-order valence-electron chi connectivity index (χ1n) is 8.84. The maximum atomic E-state index is 12.5. The average molecular weight is 363 g/mol. The van der Waals surface area contributed by atoms with Gasteiger partial charge in [-0.05, 0) is 30.5 Å². The number of fused-ring (bicyclic) bond motifs is 1. The average Bonchev–Trinajstić information content (AvgIpc) is 3.12. The molecule has 2 aliphatic rings. The van der Waals surface area contributed by atoms with Crippen LogP contribution in [-0.2, 0) is 16.1 Å². The highest BCUT2D eigenvalue weighted by Gasteiger charge is 2.47. The molecule has 1 aromatic carbocycles. The van der Waals surface area contributed by atoms with Gasteiger partial charge in [0.2, 0.25) is 5.91 Å². The van der Waals surface area contributed by atoms with Crippen LogP contribution in [0, 0.1) is 5.92 Å². The van der Waals surface area contributed by atoms with E-state index in [0.717, 1.165) is 36.3 Å². The number of unbranched alkanes of at least 4 members (excludes halogenated alkanes) is 1. The summed E-state index contributed by atoms with van der Waals surface area (Å²) in [4.78, 5) is 25.1. The Morgan fingerprint density at radius 3 is 2.76 bits per heavy atom. The molecule has 3 rings (SSSR count). The Morgan fingerprint density at radius 2 is 2.08 bits per heavy atom. The number of hydrogen-bond donors (Lipinski definition) is 1. The van der Waals surface area contributed by atoms with Crippen molar-refractivity contribution in [3.05, 3.63) is 29.8 Å². The molecule has 3 atom stereocenters. The summed E-state index contributed by atoms with van der Waals surface area (Å²) in [6.45, 7) is 0.663. The fraction of sp³-hybridized carbons (Fsp3) is 0.579. The summed E-state index contributed by atoms with van der Waals surface area (Å²) in [7, 11) is 1.65. The number of hydrogen-bond acceptors (Lipinski definition) is 4. The predicted molar refractivity (Wildman–Crippen MR) is 97.8 cm³/mol. The van der Waals surface area contributed by atoms with Gasteiger partial charge >= 0.3 is 5.97 Å². The first-order valence-corrected chi connectivity index (χ1v) is 9.89. The van der Waals surface area contributed by atoms with Gasteiger partial charge in [-0.1, -0.05) is 18.6 Å². The smallest absolute Gasteiger partial charge is 0.303 e. The van der Waals surface area contributed by atoms with Gasteiger partial charge in [-0.2, -0.15) is 11.8 Å². The summed E-state index contributed by atoms with van der Waals surface area (Å²) >= 11 is 1.95. The Labute approximate surface area is 152 Å². The molecule has 136 valence electrons. The fourth-order valence-corrected chi connectivity index (χ4v) is 5.59. The molecule has 6 heteroatoms. The van der Waals surface area contributed by atoms with E-state index in [9.17, 15) is 9.59 Å². The number of carbonyl (C=O) groups excluding carboxylic acids is 1. The first kappa shape index (κ1) is 18.1. The number of likely N-dealkylation sites (tertiary alicyclic amines) is 1. The Bertz CT molecular complexity index is 618. The number of amides is 1. The number of thioether (sulfide) groups is 1. The third-order valence-electron chi connectivity index (χ3n) is 5.23. The zero-order valence-corrected chi connectivity index (χ0v) is 15.3. The zero-order valence-electron chi connectivity index (χ0n) is 14.5. The molecule has 3 unspecified atom stereocenters. The van der Waals surface area contributed by atoms with Crippen LogP contribution in [0.5, 0.6) is 5.75 Å². The van der Waals surface area contributed by atoms with Gasteiger partial charge in [-0.25, -0.2) is 0 Å². The van der Waals surface area contributed by atoms with E-state index in [-0.39, 0.29) is 12.3 Å². The quantitative estimate of drug-likeness (QED) is 0.719. The molecule has 2 saturated heterocycles. The summed E-state index contributed by atoms with van der Waals surface area (Å²) < 4.78 is 5.18. The van der Waals surface area contributed by atoms with Gasteiger partial charge in [0.1, 0.15) is 5.75 Å². The molecule has 2 heterocycles. The van der Waals surface area contributed by atoms with Crippen LogP contribution >= 0.6 is 11.8 Å². The number of carboxylic acid groups (broad SMARTS) is 1. The van der Waals surface area contributed by atoms with Crippen LogP contribution in [0.4, 0.5) is 0 Å². The van der Waals surface area contributed by atoms with Crippen LogP contribution < -0.4 is 4.74 Å². The van der Waals surface area contributed by atoms with Gasteiger partial charge in [0.25, 0.3) is 0 Å². The fourth-order valence-electron chi connectivity index (χ4n) is 3.86. The van der Waals surface area contributed by atoms with Crippen molar-refractivity contribution in [1.29, 1.82) is 0 Å². The SMILES string of the molecule is COc1ccc(CN2C(=O)CC3C(CCCCC(=O)O)SCC32)cc1. The van der Waals surface area contributed by atoms with Crippen LogP contribution in [0.15, 0.2) is 24.3 Å². The van der Waals surface area contributed by atoms with Crippen LogP contribution in [-0.4, -0.2) is 46.0 Å². The van der Waals surface area contributed by atoms with E-state index < -0.39 is 5.97 Å². The molecule has 0 aromatic heterocycles. The van der Waals surface area contributed by atoms with E-state index in [2.05, 4.69) is 0 Å². The van der Waals surface area contributed by atoms with Gasteiger partial charge in [-0.15, -0.1) is 0 Å². The molecular formula is C19H25NO4S. The minimum Gasteiger partial charge on any atom is -0.497 e. The number of carboxylic acids is 1. The monoisotopic (exact) mass is 363 g/mol. The van der Waals surface area contributed by atoms with Crippen LogP contribution in [0.2, 0.25) is 0 Å². The maximum Gasteiger partial charge on any atom is 0.303 e. The van der Waals surface area contributed by atoms with Crippen molar-refractivity contribution in [2.75, 3.05) is 12.9 Å². The van der Waals surface area contributed by atoms with Crippen LogP contribution in [0.3, 0.4) is 0 Å². The Balaban J connectivity index is 1.55. The number of aliphatic carboxylic acids is 1. The largest absolute Gasteiger partial charge is 0.497 e. The normalized spacial score (nSPS) is 25.2. The lowest BCUT2D eigenvalue weighted by atomic mass is 9.94. The molecule has 2 fully saturated rings. The van der Waals surface area contributed by atoms with Crippen molar-refractivity contribution in [1.82, 2.24) is 4.90 Å². The first-order chi connectivity index (χ1) is 12.1. The standard InChI is InChI=1S/C19H25NO4S/c1-24-14-8-6-13(7-9-14)11-20-16-12-25-17(15(16)10-18(20)21)4-2-3-5-19(22)23/h6-9,15-17H,2-5,10-12H2,1H3,(H,22,23). The van der Waals surface area contributed by atoms with Gasteiger partial charge < -0.3 is 14.7 Å². The summed E-state index contributed by atoms with van der Waals surface area (Å²) in [5.41, 5.74) is 1.13. The molecule has 5 nitrogen and oxygen atoms in total. The number of nitrogens with zero attached hydrogens (tertiary/aromatic N) is 1. The van der Waals surface area contributed by atoms with Crippen molar-refractivity contribution < 1.29 is 19.4 Å². The van der Waals surface area contributed by atoms with Crippen molar-refractivity contribution in [3.8, 4) is 5.75 Å². The lowest BCUT2D eigenvalue weighted by Crippen LogP contribution is -2.35. The second kappa shape index (κ2) is 8.13. The summed E-state index contributed by atoms with van der Waals surface area (Å²) in [5, 5.41) is 9.22. The van der Waals surface area contributed by atoms with Crippen molar-refractivity contribution in [2.24, 2.45) is 5.92 Å². The molecule has 1 amide bonds. The van der Waals surface area contributed by atoms with E-state index in [0.29, 0.717) is 30.2 Å². The second-order valence-corrected chi connectivity index (χ2v) is 8.09. The Kier molecular flexibility index (Phi) is 5.89. The van der Waals surface area contributed by atoms with E-state index in [1.807, 2.05) is 40.9 Å². The van der Waals surface area contributed by atoms with E-state index in [4.69, 9.17) is 9.84 Å². The highest BCUT2D eigenvalue weighted by Crippen LogP contribution is 2.45. The molecule has 1 N–H and O–H groups in total. The van der Waals surface area contributed by atoms with E-state index in [1.165, 1.54) is 0 Å². The summed E-state index contributed by atoms with van der Waals surface area (Å²) in [6.07, 6.45) is 3.56. The molecule has 0 saturated carbocycles. The van der Waals surface area contributed by atoms with Gasteiger partial charge in [0.05, 0.1) is 7.11 Å². The summed E-state index contributed by atoms with van der Waals surface area (Å²) in [6, 6.07) is 8.23. The molecule has 0 radical (unpaired) electrons. The third-order valence-corrected chi connectivity index (χ3v) is 6.77. The zero-order chi connectivity index (χ0) is 17.8. The predicted octanol–water partition coefficient (Wildman–Crippen LogP) is 3.17. The number of methoxy groups -OCH3 is 1. The number of benzene rings is 1. The molecule has 1 aromatic rings. The summed E-state index contributed by atoms with van der Waals surface area (Å²) in [5.74, 6) is 1.77. The van der Waals surface area contributed by atoms with Crippen LogP contribution in [0.1, 0.15) is 37.7 Å². The highest BCUT2D eigenvalue weighted by molar-refractivity contribution is 8.00. The third kappa shape index (κ3) is 4.29. The lowest BCUT2D eigenvalue weighted by Gasteiger charge is -2.24. The lowest BCUT2D eigenvalue weighted by molar-refractivity contribution is -0.137. The number of carbonyl (C=O) groups is 2. The van der Waals surface area contributed by atoms with E-state index in [1.54, 1.807) is 7.11 Å². The minimum absolute atomic E-state index is 0.244. The number of ether oxygens (including phenoxy) is 1. The van der Waals surface area contributed by atoms with Gasteiger partial charge in [0.15, 0.2) is 0 Å². The maximum absolute atomic E-state index is 12.5. The molecule has 25 heavy (non-hydrogen) atoms. The molecule has 0 spiro atoms. The Hall–Kier alpha value is -1.69. The molecular weight excluding hydrogens is 338 g/mol. The van der Waals surface area contributed by atoms with Crippen LogP contribution in [0.25, 0.3) is 0 Å². The molecule has 0 aliphatic carbocycles.